The van der Waals surface area contributed by atoms with Gasteiger partial charge in [-0.2, -0.15) is 5.26 Å². The molecule has 3 aromatic heterocycles. The van der Waals surface area contributed by atoms with Gasteiger partial charge in [-0.3, -0.25) is 4.57 Å². The molecule has 3 heterocycles. The molecule has 0 spiro atoms. The summed E-state index contributed by atoms with van der Waals surface area (Å²) < 4.78 is 1.18. The molecule has 1 fully saturated rings. The molecule has 0 amide bonds. The summed E-state index contributed by atoms with van der Waals surface area (Å²) in [6, 6.07) is 7.26. The molecular weight excluding hydrogens is 370 g/mol. The highest BCUT2D eigenvalue weighted by Crippen LogP contribution is 2.46. The van der Waals surface area contributed by atoms with E-state index in [1.165, 1.54) is 17.0 Å². The van der Waals surface area contributed by atoms with Crippen molar-refractivity contribution in [1.29, 1.82) is 5.26 Å². The fourth-order valence-corrected chi connectivity index (χ4v) is 4.04. The smallest absolute Gasteiger partial charge is 0.416 e. The third-order valence-corrected chi connectivity index (χ3v) is 5.49. The first-order chi connectivity index (χ1) is 14.0. The number of carboxylic acid groups (broad SMARTS) is 1. The molecule has 1 aliphatic rings. The van der Waals surface area contributed by atoms with Gasteiger partial charge in [0.05, 0.1) is 22.7 Å². The average molecular weight is 387 g/mol. The molecule has 1 unspecified atom stereocenters. The van der Waals surface area contributed by atoms with Crippen LogP contribution in [0.4, 0.5) is 4.79 Å². The number of aliphatic hydroxyl groups is 1. The van der Waals surface area contributed by atoms with Gasteiger partial charge in [-0.25, -0.2) is 14.8 Å². The monoisotopic (exact) mass is 387 g/mol. The van der Waals surface area contributed by atoms with Crippen LogP contribution >= 0.6 is 0 Å². The lowest BCUT2D eigenvalue weighted by Gasteiger charge is -2.17. The SMILES string of the molecule is Cc1cc(C2CC2)c(C(O)c2nc3cc(C#N)ncc3[nH]2)c2ccn(C(=O)O)c12. The number of benzene rings is 1. The Balaban J connectivity index is 1.73. The predicted molar refractivity (Wildman–Crippen MR) is 105 cm³/mol. The van der Waals surface area contributed by atoms with Crippen LogP contribution < -0.4 is 0 Å². The van der Waals surface area contributed by atoms with Crippen molar-refractivity contribution in [3.05, 3.63) is 58.8 Å². The Kier molecular flexibility index (Phi) is 3.69. The van der Waals surface area contributed by atoms with Crippen LogP contribution in [0, 0.1) is 18.3 Å². The zero-order chi connectivity index (χ0) is 20.3. The van der Waals surface area contributed by atoms with Gasteiger partial charge in [0.15, 0.2) is 0 Å². The normalized spacial score (nSPS) is 14.9. The summed E-state index contributed by atoms with van der Waals surface area (Å²) in [6.07, 6.45) is 2.98. The molecule has 3 N–H and O–H groups in total. The zero-order valence-corrected chi connectivity index (χ0v) is 15.5. The zero-order valence-electron chi connectivity index (χ0n) is 15.5. The Hall–Kier alpha value is -3.70. The van der Waals surface area contributed by atoms with Gasteiger partial charge in [-0.15, -0.1) is 0 Å². The van der Waals surface area contributed by atoms with Crippen molar-refractivity contribution in [2.75, 3.05) is 0 Å². The summed E-state index contributed by atoms with van der Waals surface area (Å²) in [4.78, 5) is 23.2. The van der Waals surface area contributed by atoms with Gasteiger partial charge in [-0.05, 0) is 42.9 Å². The first-order valence-electron chi connectivity index (χ1n) is 9.29. The molecule has 5 rings (SSSR count). The fraction of sp³-hybridized carbons (Fsp3) is 0.238. The highest BCUT2D eigenvalue weighted by Gasteiger charge is 2.32. The third-order valence-electron chi connectivity index (χ3n) is 5.49. The van der Waals surface area contributed by atoms with Crippen molar-refractivity contribution in [2.24, 2.45) is 0 Å². The molecule has 1 saturated carbocycles. The molecule has 1 aromatic carbocycles. The van der Waals surface area contributed by atoms with Crippen LogP contribution in [-0.2, 0) is 0 Å². The quantitative estimate of drug-likeness (QED) is 0.493. The van der Waals surface area contributed by atoms with Crippen LogP contribution in [0.1, 0.15) is 53.1 Å². The Morgan fingerprint density at radius 3 is 2.90 bits per heavy atom. The first kappa shape index (κ1) is 17.4. The molecular formula is C21H17N5O3. The molecule has 1 atom stereocenters. The van der Waals surface area contributed by atoms with E-state index in [0.29, 0.717) is 39.2 Å². The molecule has 8 heteroatoms. The molecule has 0 radical (unpaired) electrons. The topological polar surface area (TPSA) is 128 Å². The van der Waals surface area contributed by atoms with E-state index in [9.17, 15) is 15.0 Å². The molecule has 4 aromatic rings. The van der Waals surface area contributed by atoms with Crippen molar-refractivity contribution in [1.82, 2.24) is 19.5 Å². The summed E-state index contributed by atoms with van der Waals surface area (Å²) in [5, 5.41) is 30.5. The second-order valence-electron chi connectivity index (χ2n) is 7.42. The molecule has 144 valence electrons. The number of nitrogens with zero attached hydrogens (tertiary/aromatic N) is 4. The van der Waals surface area contributed by atoms with Gasteiger partial charge in [-0.1, -0.05) is 6.07 Å². The summed E-state index contributed by atoms with van der Waals surface area (Å²) in [6.45, 7) is 1.89. The number of pyridine rings is 1. The van der Waals surface area contributed by atoms with Crippen molar-refractivity contribution in [2.45, 2.75) is 31.8 Å². The van der Waals surface area contributed by atoms with Gasteiger partial charge in [0.2, 0.25) is 0 Å². The Morgan fingerprint density at radius 1 is 1.41 bits per heavy atom. The van der Waals surface area contributed by atoms with Crippen LogP contribution in [0.15, 0.2) is 30.6 Å². The number of H-pyrrole nitrogens is 1. The van der Waals surface area contributed by atoms with Crippen LogP contribution in [0.2, 0.25) is 0 Å². The molecule has 1 aliphatic carbocycles. The highest BCUT2D eigenvalue weighted by molar-refractivity contribution is 5.94. The average Bonchev–Trinajstić information content (AvgIpc) is 3.30. The second kappa shape index (κ2) is 6.15. The van der Waals surface area contributed by atoms with E-state index in [-0.39, 0.29) is 5.69 Å². The lowest BCUT2D eigenvalue weighted by Crippen LogP contribution is -2.10. The van der Waals surface area contributed by atoms with Crippen LogP contribution in [-0.4, -0.2) is 35.8 Å². The summed E-state index contributed by atoms with van der Waals surface area (Å²) >= 11 is 0. The Bertz CT molecular complexity index is 1340. The van der Waals surface area contributed by atoms with Crippen molar-refractivity contribution >= 4 is 28.0 Å². The lowest BCUT2D eigenvalue weighted by molar-refractivity contribution is 0.197. The molecule has 29 heavy (non-hydrogen) atoms. The Labute approximate surface area is 165 Å². The van der Waals surface area contributed by atoms with Gasteiger partial charge >= 0.3 is 6.09 Å². The Morgan fingerprint density at radius 2 is 2.21 bits per heavy atom. The van der Waals surface area contributed by atoms with E-state index in [1.807, 2.05) is 19.1 Å². The number of aromatic amines is 1. The van der Waals surface area contributed by atoms with Crippen LogP contribution in [0.3, 0.4) is 0 Å². The molecule has 0 aliphatic heterocycles. The van der Waals surface area contributed by atoms with Gasteiger partial charge in [0, 0.05) is 23.2 Å². The number of imidazole rings is 1. The number of aryl methyl sites for hydroxylation is 1. The number of aliphatic hydroxyl groups excluding tert-OH is 1. The molecule has 8 nitrogen and oxygen atoms in total. The maximum Gasteiger partial charge on any atom is 0.416 e. The second-order valence-corrected chi connectivity index (χ2v) is 7.42. The summed E-state index contributed by atoms with van der Waals surface area (Å²) in [5.41, 5.74) is 4.56. The number of nitriles is 1. The largest absolute Gasteiger partial charge is 0.464 e. The van der Waals surface area contributed by atoms with Crippen LogP contribution in [0.25, 0.3) is 21.9 Å². The predicted octanol–water partition coefficient (Wildman–Crippen LogP) is 3.58. The number of rotatable bonds is 3. The van der Waals surface area contributed by atoms with Gasteiger partial charge in [0.25, 0.3) is 0 Å². The first-order valence-corrected chi connectivity index (χ1v) is 9.29. The standard InChI is InChI=1S/C21H17N5O3/c1-10-6-14(11-2-3-11)17(13-4-5-26(18(10)13)21(28)29)19(27)20-24-15-7-12(8-22)23-9-16(15)25-20/h4-7,9,11,19,27H,2-3H2,1H3,(H,24,25)(H,28,29). The van der Waals surface area contributed by atoms with E-state index in [1.54, 1.807) is 12.1 Å². The minimum atomic E-state index is -1.07. The number of fused-ring (bicyclic) bond motifs is 2. The molecule has 0 bridgehead atoms. The van der Waals surface area contributed by atoms with Crippen molar-refractivity contribution in [3.8, 4) is 6.07 Å². The summed E-state index contributed by atoms with van der Waals surface area (Å²) in [5.74, 6) is 0.694. The van der Waals surface area contributed by atoms with Gasteiger partial charge in [0.1, 0.15) is 23.7 Å². The minimum Gasteiger partial charge on any atom is -0.464 e. The van der Waals surface area contributed by atoms with E-state index < -0.39 is 12.2 Å². The fourth-order valence-electron chi connectivity index (χ4n) is 4.04. The highest BCUT2D eigenvalue weighted by atomic mass is 16.4. The van der Waals surface area contributed by atoms with Crippen molar-refractivity contribution in [3.63, 3.8) is 0 Å². The number of aromatic nitrogens is 4. The number of hydrogen-bond acceptors (Lipinski definition) is 5. The maximum atomic E-state index is 11.6. The number of nitrogens with one attached hydrogen (secondary N) is 1. The van der Waals surface area contributed by atoms with Crippen LogP contribution in [0.5, 0.6) is 0 Å². The van der Waals surface area contributed by atoms with E-state index in [2.05, 4.69) is 15.0 Å². The molecule has 0 saturated heterocycles. The minimum absolute atomic E-state index is 0.250. The maximum absolute atomic E-state index is 11.6. The third kappa shape index (κ3) is 2.67. The van der Waals surface area contributed by atoms with E-state index in [0.717, 1.165) is 24.0 Å². The van der Waals surface area contributed by atoms with Gasteiger partial charge < -0.3 is 15.2 Å². The van der Waals surface area contributed by atoms with E-state index in [4.69, 9.17) is 5.26 Å². The lowest BCUT2D eigenvalue weighted by atomic mass is 9.92. The number of carbonyl (C=O) groups is 1. The number of hydrogen-bond donors (Lipinski definition) is 3. The van der Waals surface area contributed by atoms with Crippen molar-refractivity contribution < 1.29 is 15.0 Å². The summed E-state index contributed by atoms with van der Waals surface area (Å²) in [7, 11) is 0. The van der Waals surface area contributed by atoms with E-state index >= 15 is 0 Å².